The van der Waals surface area contributed by atoms with Gasteiger partial charge in [0.25, 0.3) is 0 Å². The van der Waals surface area contributed by atoms with Gasteiger partial charge in [0.05, 0.1) is 4.87 Å². The summed E-state index contributed by atoms with van der Waals surface area (Å²) in [5.74, 6) is 0. The molecule has 1 aromatic rings. The van der Waals surface area contributed by atoms with Crippen molar-refractivity contribution in [3.63, 3.8) is 0 Å². The molecular formula is C14H13Cl2. The number of halogens is 2. The van der Waals surface area contributed by atoms with Crippen LogP contribution in [-0.4, -0.2) is 4.87 Å². The summed E-state index contributed by atoms with van der Waals surface area (Å²) < 4.78 is 0. The first-order valence-electron chi connectivity index (χ1n) is 5.23. The molecule has 0 fully saturated rings. The van der Waals surface area contributed by atoms with E-state index in [2.05, 4.69) is 19.1 Å². The number of benzene rings is 1. The Bertz CT molecular complexity index is 446. The average Bonchev–Trinajstić information content (AvgIpc) is 2.21. The van der Waals surface area contributed by atoms with Gasteiger partial charge >= 0.3 is 0 Å². The third-order valence-corrected chi connectivity index (χ3v) is 3.33. The maximum absolute atomic E-state index is 6.51. The summed E-state index contributed by atoms with van der Waals surface area (Å²) >= 11 is 12.5. The normalized spacial score (nSPS) is 24.3. The predicted molar refractivity (Wildman–Crippen MR) is 70.8 cm³/mol. The molecule has 0 heterocycles. The first kappa shape index (κ1) is 11.8. The van der Waals surface area contributed by atoms with Gasteiger partial charge in [0, 0.05) is 11.5 Å². The zero-order valence-corrected chi connectivity index (χ0v) is 10.6. The van der Waals surface area contributed by atoms with E-state index < -0.39 is 4.87 Å². The Morgan fingerprint density at radius 2 is 2.00 bits per heavy atom. The Morgan fingerprint density at radius 1 is 1.25 bits per heavy atom. The fourth-order valence-electron chi connectivity index (χ4n) is 1.84. The van der Waals surface area contributed by atoms with Crippen molar-refractivity contribution in [3.8, 4) is 0 Å². The molecule has 16 heavy (non-hydrogen) atoms. The number of allylic oxidation sites excluding steroid dienone is 4. The molecule has 2 rings (SSSR count). The molecule has 1 aromatic carbocycles. The third kappa shape index (κ3) is 2.69. The van der Waals surface area contributed by atoms with Gasteiger partial charge in [-0.05, 0) is 30.5 Å². The van der Waals surface area contributed by atoms with E-state index in [0.29, 0.717) is 5.03 Å². The summed E-state index contributed by atoms with van der Waals surface area (Å²) in [6, 6.07) is 8.27. The van der Waals surface area contributed by atoms with Crippen LogP contribution in [0.5, 0.6) is 0 Å². The lowest BCUT2D eigenvalue weighted by atomic mass is 9.90. The Morgan fingerprint density at radius 3 is 2.69 bits per heavy atom. The van der Waals surface area contributed by atoms with Crippen molar-refractivity contribution in [3.05, 3.63) is 65.1 Å². The van der Waals surface area contributed by atoms with Crippen molar-refractivity contribution in [2.24, 2.45) is 0 Å². The number of hydrogen-bond donors (Lipinski definition) is 0. The van der Waals surface area contributed by atoms with Crippen LogP contribution in [0.15, 0.2) is 47.5 Å². The molecule has 1 aliphatic carbocycles. The third-order valence-electron chi connectivity index (χ3n) is 2.73. The lowest BCUT2D eigenvalue weighted by Crippen LogP contribution is -2.24. The van der Waals surface area contributed by atoms with Crippen LogP contribution >= 0.6 is 23.2 Å². The van der Waals surface area contributed by atoms with E-state index in [4.69, 9.17) is 23.2 Å². The molecule has 1 aliphatic rings. The van der Waals surface area contributed by atoms with Gasteiger partial charge in [-0.25, -0.2) is 0 Å². The maximum atomic E-state index is 6.51. The van der Waals surface area contributed by atoms with Gasteiger partial charge in [0.1, 0.15) is 0 Å². The smallest absolute Gasteiger partial charge is 0.0753 e. The SMILES string of the molecule is Cc1ccccc1CC1(Cl)[CH]C(Cl)=CC=C1. The van der Waals surface area contributed by atoms with Gasteiger partial charge < -0.3 is 0 Å². The van der Waals surface area contributed by atoms with E-state index in [9.17, 15) is 0 Å². The highest BCUT2D eigenvalue weighted by atomic mass is 35.5. The second kappa shape index (κ2) is 4.65. The first-order valence-corrected chi connectivity index (χ1v) is 5.99. The fourth-order valence-corrected chi connectivity index (χ4v) is 2.49. The second-order valence-corrected chi connectivity index (χ2v) is 5.23. The van der Waals surface area contributed by atoms with Gasteiger partial charge in [0.2, 0.25) is 0 Å². The molecule has 0 N–H and O–H groups in total. The van der Waals surface area contributed by atoms with Crippen LogP contribution < -0.4 is 0 Å². The van der Waals surface area contributed by atoms with Crippen molar-refractivity contribution < 1.29 is 0 Å². The molecule has 0 amide bonds. The molecule has 1 atom stereocenters. The van der Waals surface area contributed by atoms with Crippen LogP contribution in [0.3, 0.4) is 0 Å². The van der Waals surface area contributed by atoms with Crippen LogP contribution in [0.1, 0.15) is 11.1 Å². The van der Waals surface area contributed by atoms with E-state index in [1.165, 1.54) is 11.1 Å². The number of aryl methyl sites for hydroxylation is 1. The van der Waals surface area contributed by atoms with Crippen LogP contribution in [0, 0.1) is 13.3 Å². The minimum Gasteiger partial charge on any atom is -0.114 e. The number of rotatable bonds is 2. The summed E-state index contributed by atoms with van der Waals surface area (Å²) in [6.45, 7) is 2.10. The van der Waals surface area contributed by atoms with Gasteiger partial charge in [-0.3, -0.25) is 0 Å². The Kier molecular flexibility index (Phi) is 3.41. The summed E-state index contributed by atoms with van der Waals surface area (Å²) in [7, 11) is 0. The molecule has 0 saturated heterocycles. The van der Waals surface area contributed by atoms with Crippen LogP contribution in [-0.2, 0) is 6.42 Å². The molecular weight excluding hydrogens is 239 g/mol. The predicted octanol–water partition coefficient (Wildman–Crippen LogP) is 4.41. The molecule has 0 aromatic heterocycles. The highest BCUT2D eigenvalue weighted by Crippen LogP contribution is 2.34. The van der Waals surface area contributed by atoms with E-state index in [1.807, 2.05) is 36.8 Å². The fraction of sp³-hybridized carbons (Fsp3) is 0.214. The Hall–Kier alpha value is -0.720. The van der Waals surface area contributed by atoms with E-state index in [-0.39, 0.29) is 0 Å². The van der Waals surface area contributed by atoms with E-state index in [1.54, 1.807) is 0 Å². The highest BCUT2D eigenvalue weighted by molar-refractivity contribution is 6.34. The molecule has 0 aliphatic heterocycles. The average molecular weight is 252 g/mol. The molecule has 1 unspecified atom stereocenters. The maximum Gasteiger partial charge on any atom is 0.0753 e. The van der Waals surface area contributed by atoms with Crippen LogP contribution in [0.2, 0.25) is 0 Å². The van der Waals surface area contributed by atoms with Gasteiger partial charge in [-0.15, -0.1) is 11.6 Å². The molecule has 0 saturated carbocycles. The summed E-state index contributed by atoms with van der Waals surface area (Å²) in [5, 5.41) is 0.700. The summed E-state index contributed by atoms with van der Waals surface area (Å²) in [4.78, 5) is -0.488. The molecule has 83 valence electrons. The zero-order chi connectivity index (χ0) is 11.6. The van der Waals surface area contributed by atoms with Crippen LogP contribution in [0.25, 0.3) is 0 Å². The van der Waals surface area contributed by atoms with Crippen molar-refractivity contribution in [2.75, 3.05) is 0 Å². The topological polar surface area (TPSA) is 0 Å². The molecule has 0 spiro atoms. The van der Waals surface area contributed by atoms with E-state index >= 15 is 0 Å². The molecule has 2 heteroatoms. The minimum absolute atomic E-state index is 0.488. The summed E-state index contributed by atoms with van der Waals surface area (Å²) in [5.41, 5.74) is 2.51. The Balaban J connectivity index is 2.19. The van der Waals surface area contributed by atoms with Crippen LogP contribution in [0.4, 0.5) is 0 Å². The van der Waals surface area contributed by atoms with Crippen molar-refractivity contribution >= 4 is 23.2 Å². The minimum atomic E-state index is -0.488. The first-order chi connectivity index (χ1) is 7.59. The van der Waals surface area contributed by atoms with Crippen molar-refractivity contribution in [1.82, 2.24) is 0 Å². The van der Waals surface area contributed by atoms with Gasteiger partial charge in [-0.1, -0.05) is 48.0 Å². The van der Waals surface area contributed by atoms with Crippen molar-refractivity contribution in [1.29, 1.82) is 0 Å². The monoisotopic (exact) mass is 251 g/mol. The van der Waals surface area contributed by atoms with Crippen molar-refractivity contribution in [2.45, 2.75) is 18.2 Å². The lowest BCUT2D eigenvalue weighted by molar-refractivity contribution is 0.795. The standard InChI is InChI=1S/C14H13Cl2/c1-11-5-2-3-6-12(11)9-14(16)8-4-7-13(15)10-14/h2-8,10H,9H2,1H3. The molecule has 0 nitrogen and oxygen atoms in total. The second-order valence-electron chi connectivity index (χ2n) is 4.09. The molecule has 1 radical (unpaired) electrons. The largest absolute Gasteiger partial charge is 0.114 e. The zero-order valence-electron chi connectivity index (χ0n) is 9.08. The van der Waals surface area contributed by atoms with E-state index in [0.717, 1.165) is 6.42 Å². The van der Waals surface area contributed by atoms with Gasteiger partial charge in [0.15, 0.2) is 0 Å². The quantitative estimate of drug-likeness (QED) is 0.684. The number of hydrogen-bond acceptors (Lipinski definition) is 0. The lowest BCUT2D eigenvalue weighted by Gasteiger charge is -2.25. The van der Waals surface area contributed by atoms with Gasteiger partial charge in [-0.2, -0.15) is 0 Å². The summed E-state index contributed by atoms with van der Waals surface area (Å²) in [6.07, 6.45) is 8.39. The molecule has 0 bridgehead atoms. The highest BCUT2D eigenvalue weighted by Gasteiger charge is 2.28. The Labute approximate surface area is 107 Å². The number of alkyl halides is 1.